The highest BCUT2D eigenvalue weighted by Crippen LogP contribution is 2.29. The van der Waals surface area contributed by atoms with Crippen LogP contribution in [0.1, 0.15) is 30.5 Å². The molecule has 0 aliphatic heterocycles. The van der Waals surface area contributed by atoms with Gasteiger partial charge in [0, 0.05) is 17.2 Å². The molecule has 1 N–H and O–H groups in total. The van der Waals surface area contributed by atoms with Crippen LogP contribution >= 0.6 is 0 Å². The van der Waals surface area contributed by atoms with Crippen LogP contribution in [0.25, 0.3) is 28.9 Å². The van der Waals surface area contributed by atoms with Gasteiger partial charge in [0.2, 0.25) is 5.82 Å². The van der Waals surface area contributed by atoms with Crippen molar-refractivity contribution in [3.63, 3.8) is 0 Å². The highest BCUT2D eigenvalue weighted by Gasteiger charge is 2.15. The van der Waals surface area contributed by atoms with Gasteiger partial charge >= 0.3 is 5.97 Å². The minimum atomic E-state index is -1.00. The molecule has 1 aromatic heterocycles. The van der Waals surface area contributed by atoms with Gasteiger partial charge in [-0.15, -0.1) is 0 Å². The quantitative estimate of drug-likeness (QED) is 0.619. The minimum Gasteiger partial charge on any atom is -0.490 e. The zero-order valence-electron chi connectivity index (χ0n) is 16.2. The summed E-state index contributed by atoms with van der Waals surface area (Å²) in [5.41, 5.74) is 3.42. The predicted octanol–water partition coefficient (Wildman–Crippen LogP) is 4.47. The number of carbonyl (C=O) groups is 1. The third-order valence-electron chi connectivity index (χ3n) is 4.05. The van der Waals surface area contributed by atoms with Crippen LogP contribution in [-0.2, 0) is 4.79 Å². The molecule has 0 spiro atoms. The number of benzene rings is 2. The summed E-state index contributed by atoms with van der Waals surface area (Å²) in [7, 11) is 0. The zero-order chi connectivity index (χ0) is 21.0. The van der Waals surface area contributed by atoms with Crippen molar-refractivity contribution in [3.05, 3.63) is 59.2 Å². The number of aliphatic carboxylic acids is 1. The predicted molar refractivity (Wildman–Crippen MR) is 107 cm³/mol. The molecule has 0 amide bonds. The zero-order valence-corrected chi connectivity index (χ0v) is 16.2. The Kier molecular flexibility index (Phi) is 5.74. The van der Waals surface area contributed by atoms with E-state index in [9.17, 15) is 10.1 Å². The summed E-state index contributed by atoms with van der Waals surface area (Å²) in [6.07, 6.45) is 2.56. The monoisotopic (exact) mass is 389 g/mol. The van der Waals surface area contributed by atoms with Gasteiger partial charge in [-0.2, -0.15) is 10.2 Å². The van der Waals surface area contributed by atoms with Gasteiger partial charge in [0.15, 0.2) is 0 Å². The number of nitriles is 1. The fourth-order valence-corrected chi connectivity index (χ4v) is 2.77. The number of rotatable bonds is 6. The van der Waals surface area contributed by atoms with Gasteiger partial charge in [-0.3, -0.25) is 0 Å². The van der Waals surface area contributed by atoms with Gasteiger partial charge in [0.25, 0.3) is 5.89 Å². The highest BCUT2D eigenvalue weighted by molar-refractivity contribution is 5.85. The van der Waals surface area contributed by atoms with Crippen LogP contribution in [0.4, 0.5) is 0 Å². The van der Waals surface area contributed by atoms with Crippen LogP contribution in [0, 0.1) is 18.3 Å². The molecule has 0 saturated heterocycles. The summed E-state index contributed by atoms with van der Waals surface area (Å²) in [5.74, 6) is 0.206. The second-order valence-electron chi connectivity index (χ2n) is 6.66. The summed E-state index contributed by atoms with van der Waals surface area (Å²) in [4.78, 5) is 15.1. The average Bonchev–Trinajstić information content (AvgIpc) is 3.16. The van der Waals surface area contributed by atoms with E-state index in [1.165, 1.54) is 6.08 Å². The molecule has 2 aromatic carbocycles. The van der Waals surface area contributed by atoms with Crippen LogP contribution in [0.5, 0.6) is 5.75 Å². The molecule has 29 heavy (non-hydrogen) atoms. The maximum atomic E-state index is 10.7. The Balaban J connectivity index is 1.90. The summed E-state index contributed by atoms with van der Waals surface area (Å²) >= 11 is 0. The molecule has 0 saturated carbocycles. The van der Waals surface area contributed by atoms with E-state index >= 15 is 0 Å². The molecule has 1 heterocycles. The molecule has 0 unspecified atom stereocenters. The van der Waals surface area contributed by atoms with Gasteiger partial charge in [0.1, 0.15) is 11.8 Å². The van der Waals surface area contributed by atoms with Crippen molar-refractivity contribution in [2.24, 2.45) is 0 Å². The van der Waals surface area contributed by atoms with Crippen molar-refractivity contribution < 1.29 is 19.2 Å². The molecule has 0 atom stereocenters. The van der Waals surface area contributed by atoms with E-state index in [1.54, 1.807) is 24.3 Å². The standard InChI is InChI=1S/C22H19N3O4/c1-13(2)28-19-8-6-16(11-17(19)12-23)22-24-21(25-29-22)18-7-4-15(10-14(18)3)5-9-20(26)27/h4-11,13H,1-3H3,(H,26,27)/b9-5+. The molecule has 0 radical (unpaired) electrons. The second-order valence-corrected chi connectivity index (χ2v) is 6.66. The smallest absolute Gasteiger partial charge is 0.328 e. The van der Waals surface area contributed by atoms with Crippen molar-refractivity contribution in [3.8, 4) is 34.7 Å². The number of hydrogen-bond acceptors (Lipinski definition) is 6. The Hall–Kier alpha value is -3.92. The molecule has 3 rings (SSSR count). The summed E-state index contributed by atoms with van der Waals surface area (Å²) < 4.78 is 11.0. The molecule has 0 bridgehead atoms. The van der Waals surface area contributed by atoms with E-state index in [0.29, 0.717) is 28.6 Å². The van der Waals surface area contributed by atoms with E-state index in [0.717, 1.165) is 22.8 Å². The number of hydrogen-bond donors (Lipinski definition) is 1. The normalized spacial score (nSPS) is 11.0. The number of ether oxygens (including phenoxy) is 1. The van der Waals surface area contributed by atoms with Gasteiger partial charge in [-0.05, 0) is 56.2 Å². The Morgan fingerprint density at radius 3 is 2.72 bits per heavy atom. The van der Waals surface area contributed by atoms with E-state index in [2.05, 4.69) is 16.2 Å². The SMILES string of the molecule is Cc1cc(/C=C/C(=O)O)ccc1-c1noc(-c2ccc(OC(C)C)c(C#N)c2)n1. The fraction of sp³-hybridized carbons (Fsp3) is 0.182. The van der Waals surface area contributed by atoms with Gasteiger partial charge in [-0.25, -0.2) is 4.79 Å². The van der Waals surface area contributed by atoms with E-state index in [1.807, 2.05) is 32.9 Å². The van der Waals surface area contributed by atoms with Crippen LogP contribution in [-0.4, -0.2) is 27.3 Å². The number of aryl methyl sites for hydroxylation is 1. The second kappa shape index (κ2) is 8.40. The fourth-order valence-electron chi connectivity index (χ4n) is 2.77. The lowest BCUT2D eigenvalue weighted by atomic mass is 10.0. The lowest BCUT2D eigenvalue weighted by molar-refractivity contribution is -0.131. The van der Waals surface area contributed by atoms with E-state index in [4.69, 9.17) is 14.4 Å². The molecule has 0 aliphatic carbocycles. The minimum absolute atomic E-state index is 0.0424. The Bertz CT molecular complexity index is 1120. The maximum Gasteiger partial charge on any atom is 0.328 e. The van der Waals surface area contributed by atoms with Crippen LogP contribution in [0.15, 0.2) is 47.0 Å². The Morgan fingerprint density at radius 1 is 1.28 bits per heavy atom. The molecule has 3 aromatic rings. The van der Waals surface area contributed by atoms with E-state index < -0.39 is 5.97 Å². The first-order valence-electron chi connectivity index (χ1n) is 8.94. The van der Waals surface area contributed by atoms with E-state index in [-0.39, 0.29) is 6.10 Å². The maximum absolute atomic E-state index is 10.7. The molecule has 0 aliphatic rings. The lowest BCUT2D eigenvalue weighted by Crippen LogP contribution is -2.06. The molecular weight excluding hydrogens is 370 g/mol. The van der Waals surface area contributed by atoms with Crippen LogP contribution < -0.4 is 4.74 Å². The average molecular weight is 389 g/mol. The summed E-state index contributed by atoms with van der Waals surface area (Å²) in [6, 6.07) is 12.7. The number of carboxylic acid groups (broad SMARTS) is 1. The third kappa shape index (κ3) is 4.68. The van der Waals surface area contributed by atoms with Crippen molar-refractivity contribution in [2.75, 3.05) is 0 Å². The Morgan fingerprint density at radius 2 is 2.07 bits per heavy atom. The molecule has 7 heteroatoms. The van der Waals surface area contributed by atoms with Crippen molar-refractivity contribution >= 4 is 12.0 Å². The van der Waals surface area contributed by atoms with Crippen molar-refractivity contribution in [2.45, 2.75) is 26.9 Å². The van der Waals surface area contributed by atoms with Crippen LogP contribution in [0.3, 0.4) is 0 Å². The topological polar surface area (TPSA) is 109 Å². The van der Waals surface area contributed by atoms with Crippen molar-refractivity contribution in [1.29, 1.82) is 5.26 Å². The molecule has 146 valence electrons. The number of aromatic nitrogens is 2. The first kappa shape index (κ1) is 19.8. The first-order valence-corrected chi connectivity index (χ1v) is 8.94. The Labute approximate surface area is 167 Å². The lowest BCUT2D eigenvalue weighted by Gasteiger charge is -2.11. The van der Waals surface area contributed by atoms with Gasteiger partial charge < -0.3 is 14.4 Å². The summed E-state index contributed by atoms with van der Waals surface area (Å²) in [5, 5.41) is 22.2. The van der Waals surface area contributed by atoms with Crippen molar-refractivity contribution in [1.82, 2.24) is 10.1 Å². The molecule has 7 nitrogen and oxygen atoms in total. The largest absolute Gasteiger partial charge is 0.490 e. The molecule has 0 fully saturated rings. The first-order chi connectivity index (χ1) is 13.9. The van der Waals surface area contributed by atoms with Gasteiger partial charge in [-0.1, -0.05) is 23.4 Å². The van der Waals surface area contributed by atoms with Gasteiger partial charge in [0.05, 0.1) is 11.7 Å². The highest BCUT2D eigenvalue weighted by atomic mass is 16.5. The third-order valence-corrected chi connectivity index (χ3v) is 4.05. The van der Waals surface area contributed by atoms with Crippen LogP contribution in [0.2, 0.25) is 0 Å². The molecular formula is C22H19N3O4. The number of nitrogens with zero attached hydrogens (tertiary/aromatic N) is 3. The summed E-state index contributed by atoms with van der Waals surface area (Å²) in [6.45, 7) is 5.67. The number of carboxylic acids is 1.